The summed E-state index contributed by atoms with van der Waals surface area (Å²) >= 11 is 0. The number of hydrogen-bond acceptors (Lipinski definition) is 2. The Balaban J connectivity index is 2.26. The number of para-hydroxylation sites is 1. The monoisotopic (exact) mass is 230 g/mol. The first kappa shape index (κ1) is 12.2. The maximum atomic E-state index is 6.26. The lowest BCUT2D eigenvalue weighted by Gasteiger charge is -2.27. The van der Waals surface area contributed by atoms with Gasteiger partial charge in [-0.1, -0.05) is 37.6 Å². The third kappa shape index (κ3) is 2.89. The van der Waals surface area contributed by atoms with E-state index in [1.165, 1.54) is 24.1 Å². The van der Waals surface area contributed by atoms with Crippen LogP contribution in [0, 0.1) is 0 Å². The average Bonchev–Trinajstić information content (AvgIpc) is 2.40. The Kier molecular flexibility index (Phi) is 4.21. The molecule has 2 heteroatoms. The molecule has 2 nitrogen and oxygen atoms in total. The Morgan fingerprint density at radius 1 is 1.35 bits per heavy atom. The lowest BCUT2D eigenvalue weighted by molar-refractivity contribution is 0.636. The summed E-state index contributed by atoms with van der Waals surface area (Å²) in [5.74, 6) is 0. The Bertz CT molecular complexity index is 384. The molecule has 0 bridgehead atoms. The lowest BCUT2D eigenvalue weighted by Crippen LogP contribution is -2.23. The molecule has 0 saturated heterocycles. The zero-order chi connectivity index (χ0) is 12.1. The highest BCUT2D eigenvalue weighted by Crippen LogP contribution is 2.29. The molecular weight excluding hydrogens is 208 g/mol. The van der Waals surface area contributed by atoms with Gasteiger partial charge in [-0.3, -0.25) is 0 Å². The molecule has 2 rings (SSSR count). The third-order valence-electron chi connectivity index (χ3n) is 3.30. The molecule has 0 aliphatic carbocycles. The highest BCUT2D eigenvalue weighted by Gasteiger charge is 2.14. The number of allylic oxidation sites excluding steroid dienone is 1. The van der Waals surface area contributed by atoms with Crippen molar-refractivity contribution in [3.63, 3.8) is 0 Å². The molecule has 0 fully saturated rings. The molecule has 1 aromatic rings. The molecule has 1 heterocycles. The molecule has 0 aromatic heterocycles. The van der Waals surface area contributed by atoms with E-state index in [9.17, 15) is 0 Å². The predicted octanol–water partition coefficient (Wildman–Crippen LogP) is 3.60. The number of nitrogens with zero attached hydrogens (tertiary/aromatic N) is 1. The zero-order valence-electron chi connectivity index (χ0n) is 10.6. The molecule has 1 aliphatic rings. The van der Waals surface area contributed by atoms with Crippen LogP contribution in [0.25, 0.3) is 0 Å². The van der Waals surface area contributed by atoms with Crippen LogP contribution in [0.4, 0.5) is 5.69 Å². The van der Waals surface area contributed by atoms with E-state index in [4.69, 9.17) is 5.73 Å². The number of hydrogen-bond donors (Lipinski definition) is 1. The van der Waals surface area contributed by atoms with E-state index in [2.05, 4.69) is 48.4 Å². The minimum absolute atomic E-state index is 0.159. The van der Waals surface area contributed by atoms with Gasteiger partial charge in [-0.15, -0.1) is 0 Å². The molecule has 0 radical (unpaired) electrons. The summed E-state index contributed by atoms with van der Waals surface area (Å²) in [7, 11) is 0. The van der Waals surface area contributed by atoms with Crippen LogP contribution in [0.5, 0.6) is 0 Å². The highest BCUT2D eigenvalue weighted by molar-refractivity contribution is 5.57. The van der Waals surface area contributed by atoms with E-state index in [1.807, 2.05) is 0 Å². The molecule has 1 aliphatic heterocycles. The quantitative estimate of drug-likeness (QED) is 0.856. The fourth-order valence-electron chi connectivity index (χ4n) is 2.39. The fourth-order valence-corrected chi connectivity index (χ4v) is 2.39. The Hall–Kier alpha value is -1.28. The normalized spacial score (nSPS) is 17.2. The maximum Gasteiger partial charge on any atom is 0.0454 e. The van der Waals surface area contributed by atoms with Crippen LogP contribution < -0.4 is 10.6 Å². The summed E-state index contributed by atoms with van der Waals surface area (Å²) in [6.45, 7) is 3.29. The molecule has 92 valence electrons. The van der Waals surface area contributed by atoms with Crippen LogP contribution in [0.15, 0.2) is 36.5 Å². The van der Waals surface area contributed by atoms with Gasteiger partial charge in [0.1, 0.15) is 0 Å². The Morgan fingerprint density at radius 2 is 2.18 bits per heavy atom. The van der Waals surface area contributed by atoms with Crippen LogP contribution in [0.3, 0.4) is 0 Å². The molecule has 17 heavy (non-hydrogen) atoms. The number of anilines is 1. The summed E-state index contributed by atoms with van der Waals surface area (Å²) in [6, 6.07) is 8.69. The van der Waals surface area contributed by atoms with Gasteiger partial charge in [-0.05, 0) is 30.9 Å². The molecule has 1 atom stereocenters. The van der Waals surface area contributed by atoms with E-state index in [0.717, 1.165) is 19.4 Å². The Labute approximate surface area is 104 Å². The van der Waals surface area contributed by atoms with Crippen molar-refractivity contribution in [2.75, 3.05) is 11.4 Å². The second kappa shape index (κ2) is 5.87. The smallest absolute Gasteiger partial charge is 0.0454 e. The molecule has 0 amide bonds. The number of rotatable bonds is 4. The molecule has 2 N–H and O–H groups in total. The van der Waals surface area contributed by atoms with E-state index >= 15 is 0 Å². The maximum absolute atomic E-state index is 6.26. The standard InChI is InChI=1S/C15H22N2/c1-2-8-14(16)13-9-4-5-10-15(13)17-11-6-3-7-12-17/h4-6,9-11,14H,2-3,7-8,12,16H2,1H3. The number of nitrogens with two attached hydrogens (primary N) is 1. The van der Waals surface area contributed by atoms with Gasteiger partial charge in [-0.25, -0.2) is 0 Å². The first-order valence-corrected chi connectivity index (χ1v) is 6.60. The highest BCUT2D eigenvalue weighted by atomic mass is 15.1. The van der Waals surface area contributed by atoms with Gasteiger partial charge >= 0.3 is 0 Å². The Morgan fingerprint density at radius 3 is 2.88 bits per heavy atom. The van der Waals surface area contributed by atoms with Crippen LogP contribution in [-0.2, 0) is 0 Å². The summed E-state index contributed by atoms with van der Waals surface area (Å²) < 4.78 is 0. The second-order valence-electron chi connectivity index (χ2n) is 4.67. The molecule has 0 saturated carbocycles. The molecule has 1 aromatic carbocycles. The van der Waals surface area contributed by atoms with Crippen molar-refractivity contribution in [1.29, 1.82) is 0 Å². The van der Waals surface area contributed by atoms with Gasteiger partial charge in [-0.2, -0.15) is 0 Å². The molecule has 0 spiro atoms. The van der Waals surface area contributed by atoms with Gasteiger partial charge in [0.05, 0.1) is 0 Å². The predicted molar refractivity (Wildman–Crippen MR) is 74.0 cm³/mol. The second-order valence-corrected chi connectivity index (χ2v) is 4.67. The molecule has 1 unspecified atom stereocenters. The van der Waals surface area contributed by atoms with E-state index in [1.54, 1.807) is 0 Å². The minimum atomic E-state index is 0.159. The van der Waals surface area contributed by atoms with Crippen molar-refractivity contribution in [3.8, 4) is 0 Å². The summed E-state index contributed by atoms with van der Waals surface area (Å²) in [5.41, 5.74) is 8.82. The molecular formula is C15H22N2. The van der Waals surface area contributed by atoms with Crippen LogP contribution in [-0.4, -0.2) is 6.54 Å². The van der Waals surface area contributed by atoms with Gasteiger partial charge in [0, 0.05) is 24.5 Å². The van der Waals surface area contributed by atoms with Crippen molar-refractivity contribution in [2.24, 2.45) is 5.73 Å². The third-order valence-corrected chi connectivity index (χ3v) is 3.30. The fraction of sp³-hybridized carbons (Fsp3) is 0.467. The topological polar surface area (TPSA) is 29.3 Å². The van der Waals surface area contributed by atoms with E-state index in [0.29, 0.717) is 0 Å². The lowest BCUT2D eigenvalue weighted by atomic mass is 10.00. The van der Waals surface area contributed by atoms with E-state index < -0.39 is 0 Å². The summed E-state index contributed by atoms with van der Waals surface area (Å²) in [6.07, 6.45) is 9.04. The average molecular weight is 230 g/mol. The largest absolute Gasteiger partial charge is 0.348 e. The first-order chi connectivity index (χ1) is 8.33. The summed E-state index contributed by atoms with van der Waals surface area (Å²) in [5, 5.41) is 0. The van der Waals surface area contributed by atoms with Gasteiger partial charge in [0.25, 0.3) is 0 Å². The van der Waals surface area contributed by atoms with Gasteiger partial charge in [0.2, 0.25) is 0 Å². The zero-order valence-corrected chi connectivity index (χ0v) is 10.6. The number of benzene rings is 1. The summed E-state index contributed by atoms with van der Waals surface area (Å²) in [4.78, 5) is 2.33. The van der Waals surface area contributed by atoms with Crippen LogP contribution in [0.1, 0.15) is 44.2 Å². The minimum Gasteiger partial charge on any atom is -0.348 e. The van der Waals surface area contributed by atoms with Gasteiger partial charge < -0.3 is 10.6 Å². The van der Waals surface area contributed by atoms with Crippen molar-refractivity contribution >= 4 is 5.69 Å². The first-order valence-electron chi connectivity index (χ1n) is 6.60. The van der Waals surface area contributed by atoms with Crippen molar-refractivity contribution in [3.05, 3.63) is 42.1 Å². The van der Waals surface area contributed by atoms with Crippen molar-refractivity contribution in [1.82, 2.24) is 0 Å². The van der Waals surface area contributed by atoms with Crippen LogP contribution in [0.2, 0.25) is 0 Å². The van der Waals surface area contributed by atoms with Gasteiger partial charge in [0.15, 0.2) is 0 Å². The van der Waals surface area contributed by atoms with Crippen LogP contribution >= 0.6 is 0 Å². The van der Waals surface area contributed by atoms with Crippen molar-refractivity contribution in [2.45, 2.75) is 38.6 Å². The SMILES string of the molecule is CCCC(N)c1ccccc1N1C=CCCC1. The van der Waals surface area contributed by atoms with E-state index in [-0.39, 0.29) is 6.04 Å². The van der Waals surface area contributed by atoms with Crippen molar-refractivity contribution < 1.29 is 0 Å².